The standard InChI is InChI=1S/C14H9BrN2O4/c1-20-14-7-11(17(18)19)3-5-13(14)21-12-4-2-10(15)6-9(12)8-16/h2-7H,1H3. The van der Waals surface area contributed by atoms with Gasteiger partial charge in [0.1, 0.15) is 11.8 Å². The van der Waals surface area contributed by atoms with Crippen molar-refractivity contribution in [1.82, 2.24) is 0 Å². The second-order valence-electron chi connectivity index (χ2n) is 3.95. The first-order valence-electron chi connectivity index (χ1n) is 5.75. The van der Waals surface area contributed by atoms with E-state index in [1.54, 1.807) is 18.2 Å². The Kier molecular flexibility index (Phi) is 4.40. The van der Waals surface area contributed by atoms with Gasteiger partial charge >= 0.3 is 0 Å². The monoisotopic (exact) mass is 348 g/mol. The molecule has 0 aromatic heterocycles. The molecule has 0 aliphatic rings. The molecule has 2 aromatic carbocycles. The molecule has 2 aromatic rings. The molecular formula is C14H9BrN2O4. The summed E-state index contributed by atoms with van der Waals surface area (Å²) in [5, 5.41) is 19.8. The maximum absolute atomic E-state index is 10.7. The lowest BCUT2D eigenvalue weighted by Gasteiger charge is -2.11. The number of non-ortho nitro benzene ring substituents is 1. The molecule has 0 fully saturated rings. The molecule has 0 N–H and O–H groups in total. The third-order valence-electron chi connectivity index (χ3n) is 2.64. The molecule has 0 unspecified atom stereocenters. The minimum absolute atomic E-state index is 0.101. The number of nitro groups is 1. The molecule has 0 bridgehead atoms. The summed E-state index contributed by atoms with van der Waals surface area (Å²) in [4.78, 5) is 10.2. The van der Waals surface area contributed by atoms with Gasteiger partial charge in [0.15, 0.2) is 11.5 Å². The van der Waals surface area contributed by atoms with Gasteiger partial charge in [-0.3, -0.25) is 10.1 Å². The third kappa shape index (κ3) is 3.30. The molecular weight excluding hydrogens is 340 g/mol. The number of nitro benzene ring substituents is 1. The fourth-order valence-corrected chi connectivity index (χ4v) is 2.01. The van der Waals surface area contributed by atoms with Crippen LogP contribution in [-0.4, -0.2) is 12.0 Å². The minimum Gasteiger partial charge on any atom is -0.493 e. The molecule has 0 spiro atoms. The van der Waals surface area contributed by atoms with E-state index < -0.39 is 4.92 Å². The first kappa shape index (κ1) is 14.8. The van der Waals surface area contributed by atoms with Crippen LogP contribution in [0.3, 0.4) is 0 Å². The van der Waals surface area contributed by atoms with Crippen LogP contribution in [0.15, 0.2) is 40.9 Å². The first-order valence-corrected chi connectivity index (χ1v) is 6.54. The van der Waals surface area contributed by atoms with Gasteiger partial charge in [-0.05, 0) is 24.3 Å². The Hall–Kier alpha value is -2.59. The minimum atomic E-state index is -0.521. The summed E-state index contributed by atoms with van der Waals surface area (Å²) in [7, 11) is 1.39. The van der Waals surface area contributed by atoms with E-state index in [0.717, 1.165) is 4.47 Å². The van der Waals surface area contributed by atoms with Crippen molar-refractivity contribution >= 4 is 21.6 Å². The van der Waals surface area contributed by atoms with Crippen LogP contribution < -0.4 is 9.47 Å². The summed E-state index contributed by atoms with van der Waals surface area (Å²) in [6.45, 7) is 0. The van der Waals surface area contributed by atoms with E-state index in [1.807, 2.05) is 6.07 Å². The number of methoxy groups -OCH3 is 1. The van der Waals surface area contributed by atoms with Crippen molar-refractivity contribution in [3.05, 3.63) is 56.5 Å². The van der Waals surface area contributed by atoms with E-state index in [2.05, 4.69) is 15.9 Å². The van der Waals surface area contributed by atoms with Crippen LogP contribution in [0.2, 0.25) is 0 Å². The smallest absolute Gasteiger partial charge is 0.273 e. The van der Waals surface area contributed by atoms with Crippen LogP contribution in [0.5, 0.6) is 17.2 Å². The maximum Gasteiger partial charge on any atom is 0.273 e. The SMILES string of the molecule is COc1cc([N+](=O)[O-])ccc1Oc1ccc(Br)cc1C#N. The molecule has 6 nitrogen and oxygen atoms in total. The zero-order chi connectivity index (χ0) is 15.4. The van der Waals surface area contributed by atoms with Crippen molar-refractivity contribution in [2.75, 3.05) is 7.11 Å². The average Bonchev–Trinajstić information content (AvgIpc) is 2.49. The molecule has 21 heavy (non-hydrogen) atoms. The molecule has 7 heteroatoms. The number of ether oxygens (including phenoxy) is 2. The number of halogens is 1. The highest BCUT2D eigenvalue weighted by Gasteiger charge is 2.14. The van der Waals surface area contributed by atoms with E-state index in [1.165, 1.54) is 25.3 Å². The lowest BCUT2D eigenvalue weighted by Crippen LogP contribution is -1.94. The van der Waals surface area contributed by atoms with Crippen molar-refractivity contribution in [2.24, 2.45) is 0 Å². The van der Waals surface area contributed by atoms with E-state index in [9.17, 15) is 10.1 Å². The number of nitriles is 1. The normalized spacial score (nSPS) is 9.76. The van der Waals surface area contributed by atoms with Crippen LogP contribution in [0, 0.1) is 21.4 Å². The molecule has 0 aliphatic carbocycles. The lowest BCUT2D eigenvalue weighted by molar-refractivity contribution is -0.384. The van der Waals surface area contributed by atoms with E-state index in [0.29, 0.717) is 17.1 Å². The van der Waals surface area contributed by atoms with Gasteiger partial charge in [0, 0.05) is 10.5 Å². The van der Waals surface area contributed by atoms with Crippen molar-refractivity contribution in [2.45, 2.75) is 0 Å². The van der Waals surface area contributed by atoms with Gasteiger partial charge in [0.25, 0.3) is 5.69 Å². The van der Waals surface area contributed by atoms with E-state index in [4.69, 9.17) is 14.7 Å². The number of hydrogen-bond acceptors (Lipinski definition) is 5. The van der Waals surface area contributed by atoms with Gasteiger partial charge in [0.05, 0.1) is 23.7 Å². The van der Waals surface area contributed by atoms with Gasteiger partial charge in [0.2, 0.25) is 0 Å². The van der Waals surface area contributed by atoms with Gasteiger partial charge in [-0.15, -0.1) is 0 Å². The number of rotatable bonds is 4. The molecule has 0 saturated carbocycles. The summed E-state index contributed by atoms with van der Waals surface area (Å²) in [5.74, 6) is 0.853. The number of hydrogen-bond donors (Lipinski definition) is 0. The Bertz CT molecular complexity index is 740. The number of nitrogens with zero attached hydrogens (tertiary/aromatic N) is 2. The van der Waals surface area contributed by atoms with Crippen LogP contribution in [-0.2, 0) is 0 Å². The fourth-order valence-electron chi connectivity index (χ4n) is 1.65. The third-order valence-corrected chi connectivity index (χ3v) is 3.13. The Morgan fingerprint density at radius 1 is 1.19 bits per heavy atom. The Balaban J connectivity index is 2.40. The summed E-state index contributed by atoms with van der Waals surface area (Å²) in [5.41, 5.74) is 0.236. The lowest BCUT2D eigenvalue weighted by atomic mass is 10.2. The van der Waals surface area contributed by atoms with Gasteiger partial charge in [-0.2, -0.15) is 5.26 Å². The highest BCUT2D eigenvalue weighted by atomic mass is 79.9. The summed E-state index contributed by atoms with van der Waals surface area (Å²) >= 11 is 3.27. The summed E-state index contributed by atoms with van der Waals surface area (Å²) in [6.07, 6.45) is 0. The molecule has 0 aliphatic heterocycles. The molecule has 106 valence electrons. The second kappa shape index (κ2) is 6.24. The average molecular weight is 349 g/mol. The van der Waals surface area contributed by atoms with E-state index >= 15 is 0 Å². The summed E-state index contributed by atoms with van der Waals surface area (Å²) < 4.78 is 11.5. The molecule has 0 amide bonds. The molecule has 0 heterocycles. The highest BCUT2D eigenvalue weighted by molar-refractivity contribution is 9.10. The molecule has 0 radical (unpaired) electrons. The zero-order valence-corrected chi connectivity index (χ0v) is 12.5. The van der Waals surface area contributed by atoms with Crippen molar-refractivity contribution in [3.63, 3.8) is 0 Å². The molecule has 0 atom stereocenters. The van der Waals surface area contributed by atoms with Gasteiger partial charge in [-0.25, -0.2) is 0 Å². The maximum atomic E-state index is 10.7. The highest BCUT2D eigenvalue weighted by Crippen LogP contribution is 2.36. The Morgan fingerprint density at radius 2 is 1.90 bits per heavy atom. The Labute approximate surface area is 128 Å². The fraction of sp³-hybridized carbons (Fsp3) is 0.0714. The van der Waals surface area contributed by atoms with Crippen LogP contribution >= 0.6 is 15.9 Å². The Morgan fingerprint density at radius 3 is 2.52 bits per heavy atom. The van der Waals surface area contributed by atoms with Crippen molar-refractivity contribution < 1.29 is 14.4 Å². The van der Waals surface area contributed by atoms with E-state index in [-0.39, 0.29) is 11.4 Å². The predicted octanol–water partition coefficient (Wildman–Crippen LogP) is 4.03. The van der Waals surface area contributed by atoms with Gasteiger partial charge in [-0.1, -0.05) is 15.9 Å². The number of benzene rings is 2. The van der Waals surface area contributed by atoms with Crippen LogP contribution in [0.1, 0.15) is 5.56 Å². The first-order chi connectivity index (χ1) is 10.0. The predicted molar refractivity (Wildman–Crippen MR) is 78.6 cm³/mol. The van der Waals surface area contributed by atoms with Crippen LogP contribution in [0.4, 0.5) is 5.69 Å². The zero-order valence-electron chi connectivity index (χ0n) is 10.9. The molecule has 2 rings (SSSR count). The van der Waals surface area contributed by atoms with Gasteiger partial charge < -0.3 is 9.47 Å². The second-order valence-corrected chi connectivity index (χ2v) is 4.86. The van der Waals surface area contributed by atoms with Crippen molar-refractivity contribution in [3.8, 4) is 23.3 Å². The largest absolute Gasteiger partial charge is 0.493 e. The summed E-state index contributed by atoms with van der Waals surface area (Å²) in [6, 6.07) is 11.0. The quantitative estimate of drug-likeness (QED) is 0.614. The van der Waals surface area contributed by atoms with Crippen LogP contribution in [0.25, 0.3) is 0 Å². The van der Waals surface area contributed by atoms with Crippen molar-refractivity contribution in [1.29, 1.82) is 5.26 Å². The molecule has 0 saturated heterocycles. The topological polar surface area (TPSA) is 85.4 Å².